The molecule has 0 spiro atoms. The van der Waals surface area contributed by atoms with Gasteiger partial charge in [-0.2, -0.15) is 0 Å². The fourth-order valence-electron chi connectivity index (χ4n) is 2.30. The van der Waals surface area contributed by atoms with Crippen molar-refractivity contribution in [3.63, 3.8) is 0 Å². The number of rotatable bonds is 5. The number of hydrogen-bond donors (Lipinski definition) is 1. The quantitative estimate of drug-likeness (QED) is 0.404. The number of thiophene rings is 1. The molecule has 0 bridgehead atoms. The van der Waals surface area contributed by atoms with E-state index >= 15 is 0 Å². The summed E-state index contributed by atoms with van der Waals surface area (Å²) in [5.41, 5.74) is 1.64. The fourth-order valence-corrected chi connectivity index (χ4v) is 3.24. The van der Waals surface area contributed by atoms with E-state index in [1.165, 1.54) is 23.5 Å². The van der Waals surface area contributed by atoms with Gasteiger partial charge < -0.3 is 5.32 Å². The Bertz CT molecular complexity index is 978. The zero-order valence-electron chi connectivity index (χ0n) is 13.9. The minimum Gasteiger partial charge on any atom is -0.307 e. The molecule has 0 aliphatic carbocycles. The lowest BCUT2D eigenvalue weighted by Crippen LogP contribution is -2.08. The molecule has 26 heavy (non-hydrogen) atoms. The molecule has 1 aromatic carbocycles. The molecule has 0 fully saturated rings. The van der Waals surface area contributed by atoms with Gasteiger partial charge in [-0.15, -0.1) is 11.3 Å². The summed E-state index contributed by atoms with van der Waals surface area (Å²) in [7, 11) is 0. The number of carbonyl (C=O) groups excluding carboxylic acids is 1. The van der Waals surface area contributed by atoms with E-state index in [2.05, 4.69) is 10.3 Å². The highest BCUT2D eigenvalue weighted by molar-refractivity contribution is 7.16. The predicted molar refractivity (Wildman–Crippen MR) is 103 cm³/mol. The Morgan fingerprint density at radius 2 is 2.00 bits per heavy atom. The normalized spacial score (nSPS) is 10.8. The number of nitrogens with zero attached hydrogens (tertiary/aromatic N) is 2. The topological polar surface area (TPSA) is 85.1 Å². The number of anilines is 1. The Balaban J connectivity index is 1.72. The van der Waals surface area contributed by atoms with Gasteiger partial charge in [0.25, 0.3) is 5.69 Å². The van der Waals surface area contributed by atoms with Gasteiger partial charge in [0.2, 0.25) is 5.91 Å². The molecule has 1 N–H and O–H groups in total. The molecule has 0 atom stereocenters. The molecule has 0 saturated carbocycles. The Morgan fingerprint density at radius 3 is 2.73 bits per heavy atom. The first-order valence-electron chi connectivity index (χ1n) is 7.78. The zero-order valence-corrected chi connectivity index (χ0v) is 14.7. The molecule has 0 aliphatic heterocycles. The third-order valence-electron chi connectivity index (χ3n) is 3.55. The minimum absolute atomic E-state index is 0.0630. The van der Waals surface area contributed by atoms with E-state index in [4.69, 9.17) is 0 Å². The average Bonchev–Trinajstić information content (AvgIpc) is 3.11. The molecular formula is C19H15N3O3S. The van der Waals surface area contributed by atoms with Crippen LogP contribution in [0.2, 0.25) is 0 Å². The van der Waals surface area contributed by atoms with Crippen LogP contribution in [0.5, 0.6) is 0 Å². The van der Waals surface area contributed by atoms with Crippen molar-refractivity contribution in [2.45, 2.75) is 6.92 Å². The highest BCUT2D eigenvalue weighted by Crippen LogP contribution is 2.34. The van der Waals surface area contributed by atoms with Crippen molar-refractivity contribution in [1.82, 2.24) is 4.98 Å². The minimum atomic E-state index is -0.396. The maximum Gasteiger partial charge on any atom is 0.278 e. The predicted octanol–water partition coefficient (Wildman–Crippen LogP) is 4.68. The Kier molecular flexibility index (Phi) is 5.19. The van der Waals surface area contributed by atoms with Gasteiger partial charge in [0, 0.05) is 28.1 Å². The van der Waals surface area contributed by atoms with Crippen molar-refractivity contribution in [3.05, 3.63) is 81.4 Å². The Labute approximate surface area is 154 Å². The van der Waals surface area contributed by atoms with Crippen molar-refractivity contribution in [1.29, 1.82) is 0 Å². The summed E-state index contributed by atoms with van der Waals surface area (Å²) in [6.45, 7) is 1.92. The van der Waals surface area contributed by atoms with Gasteiger partial charge >= 0.3 is 0 Å². The van der Waals surface area contributed by atoms with Crippen LogP contribution in [-0.2, 0) is 4.79 Å². The molecule has 2 aromatic heterocycles. The van der Waals surface area contributed by atoms with E-state index in [1.807, 2.05) is 25.1 Å². The van der Waals surface area contributed by atoms with Crippen LogP contribution in [0, 0.1) is 17.0 Å². The fraction of sp³-hybridized carbons (Fsp3) is 0.0526. The number of hydrogen-bond acceptors (Lipinski definition) is 5. The van der Waals surface area contributed by atoms with Gasteiger partial charge in [-0.3, -0.25) is 14.9 Å². The van der Waals surface area contributed by atoms with E-state index < -0.39 is 4.92 Å². The highest BCUT2D eigenvalue weighted by Gasteiger charge is 2.15. The van der Waals surface area contributed by atoms with Crippen LogP contribution in [0.4, 0.5) is 11.5 Å². The van der Waals surface area contributed by atoms with E-state index in [0.29, 0.717) is 11.4 Å². The number of amides is 1. The van der Waals surface area contributed by atoms with Crippen molar-refractivity contribution in [3.8, 4) is 10.4 Å². The summed E-state index contributed by atoms with van der Waals surface area (Å²) in [6.07, 6.45) is 4.76. The van der Waals surface area contributed by atoms with Crippen LogP contribution in [0.3, 0.4) is 0 Å². The molecule has 7 heteroatoms. The second kappa shape index (κ2) is 7.71. The number of nitro groups is 1. The summed E-state index contributed by atoms with van der Waals surface area (Å²) in [5.74, 6) is 0.194. The first-order valence-corrected chi connectivity index (χ1v) is 8.60. The summed E-state index contributed by atoms with van der Waals surface area (Å²) >= 11 is 1.38. The molecule has 3 rings (SSSR count). The summed E-state index contributed by atoms with van der Waals surface area (Å²) in [6, 6.07) is 13.8. The summed E-state index contributed by atoms with van der Waals surface area (Å²) in [5, 5.41) is 13.8. The largest absolute Gasteiger partial charge is 0.307 e. The zero-order chi connectivity index (χ0) is 18.5. The van der Waals surface area contributed by atoms with Gasteiger partial charge in [0.05, 0.1) is 10.5 Å². The standard InChI is InChI=1S/C19H15N3O3S/c1-13-6-10-18(20-12-13)21-19(23)11-8-14-7-9-17(26-14)15-4-2-3-5-16(15)22(24)25/h2-12H,1H3,(H,20,21,23)/b11-8+. The van der Waals surface area contributed by atoms with Crippen LogP contribution in [-0.4, -0.2) is 15.8 Å². The van der Waals surface area contributed by atoms with Gasteiger partial charge in [-0.25, -0.2) is 4.98 Å². The van der Waals surface area contributed by atoms with Crippen LogP contribution in [0.1, 0.15) is 10.4 Å². The third-order valence-corrected chi connectivity index (χ3v) is 4.64. The van der Waals surface area contributed by atoms with Gasteiger partial charge in [0.1, 0.15) is 5.82 Å². The van der Waals surface area contributed by atoms with Crippen LogP contribution >= 0.6 is 11.3 Å². The number of nitrogens with one attached hydrogen (secondary N) is 1. The molecule has 0 saturated heterocycles. The smallest absolute Gasteiger partial charge is 0.278 e. The molecule has 0 aliphatic rings. The maximum absolute atomic E-state index is 12.0. The van der Waals surface area contributed by atoms with Crippen molar-refractivity contribution in [2.24, 2.45) is 0 Å². The Morgan fingerprint density at radius 1 is 1.19 bits per heavy atom. The SMILES string of the molecule is Cc1ccc(NC(=O)/C=C/c2ccc(-c3ccccc3[N+](=O)[O-])s2)nc1. The number of aromatic nitrogens is 1. The average molecular weight is 365 g/mol. The lowest BCUT2D eigenvalue weighted by molar-refractivity contribution is -0.384. The van der Waals surface area contributed by atoms with Gasteiger partial charge in [0.15, 0.2) is 0 Å². The first kappa shape index (κ1) is 17.5. The molecule has 1 amide bonds. The van der Waals surface area contributed by atoms with E-state index in [-0.39, 0.29) is 11.6 Å². The monoisotopic (exact) mass is 365 g/mol. The number of benzene rings is 1. The van der Waals surface area contributed by atoms with E-state index in [1.54, 1.807) is 36.5 Å². The molecule has 6 nitrogen and oxygen atoms in total. The van der Waals surface area contributed by atoms with Crippen LogP contribution < -0.4 is 5.32 Å². The number of aryl methyl sites for hydroxylation is 1. The van der Waals surface area contributed by atoms with Crippen molar-refractivity contribution < 1.29 is 9.72 Å². The van der Waals surface area contributed by atoms with Gasteiger partial charge in [-0.1, -0.05) is 18.2 Å². The lowest BCUT2D eigenvalue weighted by atomic mass is 10.1. The number of pyridine rings is 1. The molecule has 130 valence electrons. The highest BCUT2D eigenvalue weighted by atomic mass is 32.1. The second-order valence-corrected chi connectivity index (χ2v) is 6.64. The molecule has 3 aromatic rings. The van der Waals surface area contributed by atoms with Crippen molar-refractivity contribution >= 4 is 34.8 Å². The molecular weight excluding hydrogens is 350 g/mol. The van der Waals surface area contributed by atoms with E-state index in [9.17, 15) is 14.9 Å². The van der Waals surface area contributed by atoms with Crippen LogP contribution in [0.15, 0.2) is 60.8 Å². The first-order chi connectivity index (χ1) is 12.5. The summed E-state index contributed by atoms with van der Waals surface area (Å²) in [4.78, 5) is 28.4. The number of carbonyl (C=O) groups is 1. The number of nitro benzene ring substituents is 1. The molecule has 0 radical (unpaired) electrons. The van der Waals surface area contributed by atoms with Crippen LogP contribution in [0.25, 0.3) is 16.5 Å². The Hall–Kier alpha value is -3.32. The maximum atomic E-state index is 12.0. The lowest BCUT2D eigenvalue weighted by Gasteiger charge is -2.00. The third kappa shape index (κ3) is 4.20. The summed E-state index contributed by atoms with van der Waals surface area (Å²) < 4.78 is 0. The molecule has 0 unspecified atom stereocenters. The number of para-hydroxylation sites is 1. The molecule has 2 heterocycles. The van der Waals surface area contributed by atoms with Gasteiger partial charge in [-0.05, 0) is 42.8 Å². The second-order valence-electron chi connectivity index (χ2n) is 5.52. The van der Waals surface area contributed by atoms with E-state index in [0.717, 1.165) is 15.3 Å². The van der Waals surface area contributed by atoms with Crippen molar-refractivity contribution in [2.75, 3.05) is 5.32 Å².